The third kappa shape index (κ3) is 2.62. The Hall–Kier alpha value is 0.390. The maximum Gasteiger partial charge on any atom is -0.0140 e. The molecule has 0 heterocycles. The van der Waals surface area contributed by atoms with E-state index in [2.05, 4.69) is 20.5 Å². The minimum absolute atomic E-state index is 0.159. The van der Waals surface area contributed by atoms with Crippen molar-refractivity contribution in [1.29, 1.82) is 0 Å². The fourth-order valence-corrected chi connectivity index (χ4v) is 0. The lowest BCUT2D eigenvalue weighted by Gasteiger charge is -2.06. The van der Waals surface area contributed by atoms with Crippen LogP contribution in [0.2, 0.25) is 0 Å². The average molecular weight is 105 g/mol. The molecule has 0 aromatic heterocycles. The molecule has 0 aromatic carbocycles. The van der Waals surface area contributed by atoms with Crippen LogP contribution in [-0.4, -0.2) is 12.3 Å². The highest BCUT2D eigenvalue weighted by Gasteiger charge is 1.95. The number of hydrogen-bond acceptors (Lipinski definition) is 1. The quantitative estimate of drug-likeness (QED) is 0.501. The molecule has 0 amide bonds. The zero-order valence-electron chi connectivity index (χ0n) is 4.60. The molecule has 1 nitrogen and oxygen atoms in total. The van der Waals surface area contributed by atoms with Crippen molar-refractivity contribution >= 4 is 8.07 Å². The molecule has 1 atom stereocenters. The fourth-order valence-electron chi connectivity index (χ4n) is 0. The zero-order chi connectivity index (χ0) is 5.15. The Kier molecular flexibility index (Phi) is 2.71. The molecule has 0 spiro atoms. The van der Waals surface area contributed by atoms with Crippen molar-refractivity contribution in [1.82, 2.24) is 0 Å². The van der Waals surface area contributed by atoms with Crippen LogP contribution in [0.15, 0.2) is 0 Å². The van der Waals surface area contributed by atoms with Gasteiger partial charge in [-0.1, -0.05) is 13.8 Å². The molecular formula is C4H12NP. The summed E-state index contributed by atoms with van der Waals surface area (Å²) in [6, 6.07) is 0. The molecule has 0 rings (SSSR count). The molecule has 0 saturated heterocycles. The molecule has 2 heteroatoms. The van der Waals surface area contributed by atoms with Gasteiger partial charge in [0, 0.05) is 0 Å². The van der Waals surface area contributed by atoms with E-state index in [1.54, 1.807) is 0 Å². The molecule has 6 heavy (non-hydrogen) atoms. The summed E-state index contributed by atoms with van der Waals surface area (Å²) in [5.41, 5.74) is 6.19. The SMILES string of the molecule is CC(C)P(C)N. The van der Waals surface area contributed by atoms with Gasteiger partial charge in [0.2, 0.25) is 0 Å². The molecule has 1 unspecified atom stereocenters. The number of rotatable bonds is 1. The molecule has 0 fully saturated rings. The van der Waals surface area contributed by atoms with Gasteiger partial charge >= 0.3 is 0 Å². The number of hydrogen-bond donors (Lipinski definition) is 1. The number of nitrogens with two attached hydrogens (primary N) is 1. The first-order valence-corrected chi connectivity index (χ1v) is 4.05. The van der Waals surface area contributed by atoms with Crippen LogP contribution < -0.4 is 5.50 Å². The summed E-state index contributed by atoms with van der Waals surface area (Å²) in [6.45, 7) is 6.37. The van der Waals surface area contributed by atoms with Crippen molar-refractivity contribution in [2.45, 2.75) is 19.5 Å². The maximum absolute atomic E-state index is 5.50. The highest BCUT2D eigenvalue weighted by atomic mass is 31.1. The van der Waals surface area contributed by atoms with E-state index in [-0.39, 0.29) is 8.07 Å². The summed E-state index contributed by atoms with van der Waals surface area (Å²) in [6.07, 6.45) is 0. The molecule has 0 saturated carbocycles. The second-order valence-corrected chi connectivity index (χ2v) is 4.12. The second kappa shape index (κ2) is 2.54. The minimum Gasteiger partial charge on any atom is -0.310 e. The van der Waals surface area contributed by atoms with Crippen LogP contribution in [0.4, 0.5) is 0 Å². The Morgan fingerprint density at radius 3 is 1.67 bits per heavy atom. The van der Waals surface area contributed by atoms with E-state index in [1.165, 1.54) is 0 Å². The van der Waals surface area contributed by atoms with E-state index in [9.17, 15) is 0 Å². The van der Waals surface area contributed by atoms with E-state index >= 15 is 0 Å². The van der Waals surface area contributed by atoms with E-state index in [0.29, 0.717) is 5.66 Å². The Morgan fingerprint density at radius 2 is 1.67 bits per heavy atom. The third-order valence-corrected chi connectivity index (χ3v) is 2.44. The summed E-state index contributed by atoms with van der Waals surface area (Å²) >= 11 is 0. The van der Waals surface area contributed by atoms with Crippen molar-refractivity contribution in [2.75, 3.05) is 6.66 Å². The fraction of sp³-hybridized carbons (Fsp3) is 1.00. The van der Waals surface area contributed by atoms with Gasteiger partial charge in [-0.15, -0.1) is 0 Å². The maximum atomic E-state index is 5.50. The molecule has 0 aliphatic heterocycles. The molecule has 0 aromatic rings. The molecule has 0 aliphatic carbocycles. The average Bonchev–Trinajstić information content (AvgIpc) is 1.36. The monoisotopic (exact) mass is 105 g/mol. The smallest absolute Gasteiger partial charge is 0.0140 e. The van der Waals surface area contributed by atoms with Crippen LogP contribution in [0.1, 0.15) is 13.8 Å². The summed E-state index contributed by atoms with van der Waals surface area (Å²) in [5.74, 6) is 0. The molecule has 0 radical (unpaired) electrons. The Labute approximate surface area is 40.7 Å². The summed E-state index contributed by atoms with van der Waals surface area (Å²) in [5, 5.41) is 0. The van der Waals surface area contributed by atoms with Crippen molar-refractivity contribution in [3.8, 4) is 0 Å². The zero-order valence-corrected chi connectivity index (χ0v) is 5.50. The predicted octanol–water partition coefficient (Wildman–Crippen LogP) is 1.38. The van der Waals surface area contributed by atoms with Crippen molar-refractivity contribution in [3.05, 3.63) is 0 Å². The van der Waals surface area contributed by atoms with Crippen LogP contribution in [-0.2, 0) is 0 Å². The summed E-state index contributed by atoms with van der Waals surface area (Å²) < 4.78 is 0. The van der Waals surface area contributed by atoms with Gasteiger partial charge in [0.05, 0.1) is 0 Å². The van der Waals surface area contributed by atoms with E-state index in [1.807, 2.05) is 0 Å². The second-order valence-electron chi connectivity index (χ2n) is 1.76. The predicted molar refractivity (Wildman–Crippen MR) is 32.2 cm³/mol. The van der Waals surface area contributed by atoms with Crippen molar-refractivity contribution < 1.29 is 0 Å². The topological polar surface area (TPSA) is 26.0 Å². The van der Waals surface area contributed by atoms with Crippen molar-refractivity contribution in [3.63, 3.8) is 0 Å². The molecular weight excluding hydrogens is 93.0 g/mol. The van der Waals surface area contributed by atoms with Gasteiger partial charge in [-0.3, -0.25) is 0 Å². The first kappa shape index (κ1) is 6.39. The lowest BCUT2D eigenvalue weighted by molar-refractivity contribution is 1.09. The van der Waals surface area contributed by atoms with Gasteiger partial charge in [0.1, 0.15) is 0 Å². The molecule has 38 valence electrons. The summed E-state index contributed by atoms with van der Waals surface area (Å²) in [4.78, 5) is 0. The van der Waals surface area contributed by atoms with E-state index in [0.717, 1.165) is 0 Å². The minimum atomic E-state index is -0.159. The van der Waals surface area contributed by atoms with Crippen LogP contribution in [0.3, 0.4) is 0 Å². The highest BCUT2D eigenvalue weighted by molar-refractivity contribution is 7.54. The first-order chi connectivity index (χ1) is 2.64. The van der Waals surface area contributed by atoms with E-state index in [4.69, 9.17) is 5.50 Å². The Balaban J connectivity index is 2.99. The van der Waals surface area contributed by atoms with Crippen LogP contribution in [0.25, 0.3) is 0 Å². The third-order valence-electron chi connectivity index (χ3n) is 0.815. The lowest BCUT2D eigenvalue weighted by Crippen LogP contribution is -1.97. The van der Waals surface area contributed by atoms with E-state index < -0.39 is 0 Å². The first-order valence-electron chi connectivity index (χ1n) is 2.12. The van der Waals surface area contributed by atoms with Crippen LogP contribution in [0.5, 0.6) is 0 Å². The van der Waals surface area contributed by atoms with Crippen LogP contribution >= 0.6 is 8.07 Å². The normalized spacial score (nSPS) is 15.5. The summed E-state index contributed by atoms with van der Waals surface area (Å²) in [7, 11) is -0.159. The van der Waals surface area contributed by atoms with Gasteiger partial charge in [0.25, 0.3) is 0 Å². The van der Waals surface area contributed by atoms with Crippen LogP contribution in [0, 0.1) is 0 Å². The Bertz CT molecular complexity index is 28.5. The van der Waals surface area contributed by atoms with Gasteiger partial charge < -0.3 is 5.50 Å². The lowest BCUT2D eigenvalue weighted by atomic mass is 10.6. The van der Waals surface area contributed by atoms with Gasteiger partial charge in [0.15, 0.2) is 0 Å². The van der Waals surface area contributed by atoms with Gasteiger partial charge in [-0.2, -0.15) is 0 Å². The van der Waals surface area contributed by atoms with Crippen molar-refractivity contribution in [2.24, 2.45) is 5.50 Å². The largest absolute Gasteiger partial charge is 0.310 e. The Morgan fingerprint density at radius 1 is 1.50 bits per heavy atom. The standard InChI is InChI=1S/C4H12NP/c1-4(2)6(3)5/h4H,5H2,1-3H3. The highest BCUT2D eigenvalue weighted by Crippen LogP contribution is 2.25. The molecule has 0 bridgehead atoms. The van der Waals surface area contributed by atoms with Gasteiger partial charge in [-0.25, -0.2) is 0 Å². The molecule has 2 N–H and O–H groups in total. The van der Waals surface area contributed by atoms with Gasteiger partial charge in [-0.05, 0) is 20.4 Å². The molecule has 0 aliphatic rings.